The fraction of sp³-hybridized carbons (Fsp3) is 0.250. The van der Waals surface area contributed by atoms with E-state index in [1.807, 2.05) is 30.3 Å². The molecule has 15 heavy (non-hydrogen) atoms. The molecule has 0 bridgehead atoms. The average molecular weight is 203 g/mol. The van der Waals surface area contributed by atoms with Crippen LogP contribution in [0.4, 0.5) is 0 Å². The van der Waals surface area contributed by atoms with Gasteiger partial charge in [0.2, 0.25) is 0 Å². The molecule has 3 heteroatoms. The van der Waals surface area contributed by atoms with E-state index in [0.717, 1.165) is 11.1 Å². The van der Waals surface area contributed by atoms with Gasteiger partial charge in [0.05, 0.1) is 18.9 Å². The second-order valence-corrected chi connectivity index (χ2v) is 3.38. The van der Waals surface area contributed by atoms with E-state index < -0.39 is 6.10 Å². The van der Waals surface area contributed by atoms with E-state index in [0.29, 0.717) is 12.3 Å². The summed E-state index contributed by atoms with van der Waals surface area (Å²) in [4.78, 5) is 4.19. The van der Waals surface area contributed by atoms with Crippen LogP contribution in [-0.2, 0) is 0 Å². The number of hydrogen-bond acceptors (Lipinski definition) is 3. The first-order valence-electron chi connectivity index (χ1n) is 4.94. The molecule has 1 unspecified atom stereocenters. The highest BCUT2D eigenvalue weighted by Crippen LogP contribution is 2.19. The number of aliphatic hydroxyl groups excluding tert-OH is 2. The molecule has 0 saturated carbocycles. The van der Waals surface area contributed by atoms with Gasteiger partial charge in [0.25, 0.3) is 0 Å². The molecule has 0 spiro atoms. The van der Waals surface area contributed by atoms with Crippen molar-refractivity contribution in [2.75, 3.05) is 13.2 Å². The maximum absolute atomic E-state index is 9.74. The second kappa shape index (κ2) is 4.38. The fourth-order valence-electron chi connectivity index (χ4n) is 1.67. The third-order valence-electron chi connectivity index (χ3n) is 2.36. The lowest BCUT2D eigenvalue weighted by Gasteiger charge is -2.17. The van der Waals surface area contributed by atoms with Gasteiger partial charge in [-0.15, -0.1) is 0 Å². The normalized spacial score (nSPS) is 21.7. The Kier molecular flexibility index (Phi) is 2.94. The van der Waals surface area contributed by atoms with Crippen molar-refractivity contribution in [3.8, 4) is 0 Å². The van der Waals surface area contributed by atoms with Gasteiger partial charge in [0.1, 0.15) is 6.10 Å². The molecule has 1 aromatic rings. The van der Waals surface area contributed by atoms with E-state index in [-0.39, 0.29) is 6.61 Å². The molecule has 1 aliphatic carbocycles. The molecule has 1 aliphatic rings. The van der Waals surface area contributed by atoms with Crippen molar-refractivity contribution >= 4 is 11.8 Å². The molecule has 2 N–H and O–H groups in total. The van der Waals surface area contributed by atoms with Gasteiger partial charge >= 0.3 is 0 Å². The smallest absolute Gasteiger partial charge is 0.115 e. The molecule has 0 fully saturated rings. The largest absolute Gasteiger partial charge is 0.394 e. The minimum absolute atomic E-state index is 0.00208. The van der Waals surface area contributed by atoms with Crippen LogP contribution < -0.4 is 0 Å². The van der Waals surface area contributed by atoms with Crippen molar-refractivity contribution in [3.05, 3.63) is 41.5 Å². The summed E-state index contributed by atoms with van der Waals surface area (Å²) in [6.07, 6.45) is 2.93. The van der Waals surface area contributed by atoms with Crippen molar-refractivity contribution in [2.24, 2.45) is 4.99 Å². The Morgan fingerprint density at radius 3 is 2.87 bits per heavy atom. The number of aliphatic hydroxyl groups is 2. The van der Waals surface area contributed by atoms with E-state index in [2.05, 4.69) is 4.99 Å². The van der Waals surface area contributed by atoms with E-state index >= 15 is 0 Å². The zero-order valence-corrected chi connectivity index (χ0v) is 8.30. The quantitative estimate of drug-likeness (QED) is 0.749. The first-order valence-corrected chi connectivity index (χ1v) is 4.94. The highest BCUT2D eigenvalue weighted by Gasteiger charge is 2.18. The summed E-state index contributed by atoms with van der Waals surface area (Å²) in [6.45, 7) is 0.330. The minimum Gasteiger partial charge on any atom is -0.394 e. The van der Waals surface area contributed by atoms with Gasteiger partial charge in [-0.2, -0.15) is 0 Å². The highest BCUT2D eigenvalue weighted by atomic mass is 16.3. The lowest BCUT2D eigenvalue weighted by Crippen LogP contribution is -2.23. The van der Waals surface area contributed by atoms with Crippen LogP contribution in [0.2, 0.25) is 0 Å². The van der Waals surface area contributed by atoms with Crippen LogP contribution in [0, 0.1) is 0 Å². The summed E-state index contributed by atoms with van der Waals surface area (Å²) in [5.41, 5.74) is 2.64. The maximum Gasteiger partial charge on any atom is 0.115 e. The van der Waals surface area contributed by atoms with Crippen LogP contribution in [-0.4, -0.2) is 35.2 Å². The van der Waals surface area contributed by atoms with Crippen molar-refractivity contribution in [1.29, 1.82) is 0 Å². The molecule has 3 nitrogen and oxygen atoms in total. The zero-order valence-electron chi connectivity index (χ0n) is 8.30. The van der Waals surface area contributed by atoms with Gasteiger partial charge in [0.15, 0.2) is 0 Å². The molecule has 0 aromatic heterocycles. The fourth-order valence-corrected chi connectivity index (χ4v) is 1.67. The average Bonchev–Trinajstić information content (AvgIpc) is 2.28. The molecule has 0 heterocycles. The molecule has 2 rings (SSSR count). The Hall–Kier alpha value is -1.45. The SMILES string of the molecule is OCCN=C1c2ccccc2C=CC1O. The van der Waals surface area contributed by atoms with Gasteiger partial charge in [-0.25, -0.2) is 0 Å². The monoisotopic (exact) mass is 203 g/mol. The summed E-state index contributed by atoms with van der Waals surface area (Å²) in [5, 5.41) is 18.5. The predicted octanol–water partition coefficient (Wildman–Crippen LogP) is 0.856. The molecule has 0 radical (unpaired) electrons. The van der Waals surface area contributed by atoms with Crippen molar-refractivity contribution in [3.63, 3.8) is 0 Å². The van der Waals surface area contributed by atoms with Crippen LogP contribution in [0.15, 0.2) is 35.3 Å². The highest BCUT2D eigenvalue weighted by molar-refractivity contribution is 6.09. The number of rotatable bonds is 2. The lowest BCUT2D eigenvalue weighted by atomic mass is 9.94. The Balaban J connectivity index is 2.42. The summed E-state index contributed by atoms with van der Waals surface area (Å²) in [6, 6.07) is 7.77. The molecule has 0 aliphatic heterocycles. The van der Waals surface area contributed by atoms with Crippen molar-refractivity contribution in [2.45, 2.75) is 6.10 Å². The first-order chi connectivity index (χ1) is 7.33. The topological polar surface area (TPSA) is 52.8 Å². The van der Waals surface area contributed by atoms with Crippen LogP contribution in [0.25, 0.3) is 6.08 Å². The van der Waals surface area contributed by atoms with E-state index in [1.54, 1.807) is 6.08 Å². The zero-order chi connectivity index (χ0) is 10.7. The number of fused-ring (bicyclic) bond motifs is 1. The van der Waals surface area contributed by atoms with Gasteiger partial charge < -0.3 is 10.2 Å². The van der Waals surface area contributed by atoms with Crippen molar-refractivity contribution in [1.82, 2.24) is 0 Å². The first kappa shape index (κ1) is 10.1. The third-order valence-corrected chi connectivity index (χ3v) is 2.36. The number of benzene rings is 1. The van der Waals surface area contributed by atoms with Crippen LogP contribution in [0.1, 0.15) is 11.1 Å². The maximum atomic E-state index is 9.74. The molecule has 78 valence electrons. The van der Waals surface area contributed by atoms with Gasteiger partial charge in [0, 0.05) is 5.56 Å². The van der Waals surface area contributed by atoms with Gasteiger partial charge in [-0.05, 0) is 11.6 Å². The Morgan fingerprint density at radius 1 is 1.27 bits per heavy atom. The summed E-state index contributed by atoms with van der Waals surface area (Å²) in [7, 11) is 0. The lowest BCUT2D eigenvalue weighted by molar-refractivity contribution is 0.286. The van der Waals surface area contributed by atoms with E-state index in [1.165, 1.54) is 0 Å². The number of nitrogens with zero attached hydrogens (tertiary/aromatic N) is 1. The summed E-state index contributed by atoms with van der Waals surface area (Å²) in [5.74, 6) is 0. The standard InChI is InChI=1S/C12H13NO2/c14-8-7-13-12-10-4-2-1-3-9(10)5-6-11(12)15/h1-6,11,14-15H,7-8H2. The van der Waals surface area contributed by atoms with Gasteiger partial charge in [-0.3, -0.25) is 4.99 Å². The van der Waals surface area contributed by atoms with Crippen LogP contribution >= 0.6 is 0 Å². The Labute approximate surface area is 88.4 Å². The number of hydrogen-bond donors (Lipinski definition) is 2. The van der Waals surface area contributed by atoms with Crippen LogP contribution in [0.5, 0.6) is 0 Å². The summed E-state index contributed by atoms with van der Waals surface area (Å²) >= 11 is 0. The summed E-state index contributed by atoms with van der Waals surface area (Å²) < 4.78 is 0. The molecular weight excluding hydrogens is 190 g/mol. The van der Waals surface area contributed by atoms with Gasteiger partial charge in [-0.1, -0.05) is 30.3 Å². The Bertz CT molecular complexity index is 410. The molecule has 1 atom stereocenters. The molecule has 1 aromatic carbocycles. The third kappa shape index (κ3) is 1.98. The molecule has 0 saturated heterocycles. The van der Waals surface area contributed by atoms with Crippen LogP contribution in [0.3, 0.4) is 0 Å². The predicted molar refractivity (Wildman–Crippen MR) is 60.0 cm³/mol. The molecule has 0 amide bonds. The minimum atomic E-state index is -0.661. The number of aliphatic imine (C=N–C) groups is 1. The van der Waals surface area contributed by atoms with Crippen molar-refractivity contribution < 1.29 is 10.2 Å². The molecular formula is C12H13NO2. The van der Waals surface area contributed by atoms with E-state index in [4.69, 9.17) is 5.11 Å². The van der Waals surface area contributed by atoms with E-state index in [9.17, 15) is 5.11 Å². The Morgan fingerprint density at radius 2 is 2.07 bits per heavy atom. The second-order valence-electron chi connectivity index (χ2n) is 3.38.